The van der Waals surface area contributed by atoms with Gasteiger partial charge < -0.3 is 9.47 Å². The third-order valence-corrected chi connectivity index (χ3v) is 5.36. The summed E-state index contributed by atoms with van der Waals surface area (Å²) in [7, 11) is 1.29. The first kappa shape index (κ1) is 18.1. The quantitative estimate of drug-likeness (QED) is 0.632. The summed E-state index contributed by atoms with van der Waals surface area (Å²) in [5.41, 5.74) is 2.99. The summed E-state index contributed by atoms with van der Waals surface area (Å²) < 4.78 is 10.2. The molecule has 142 valence electrons. The Balaban J connectivity index is 1.74. The molecule has 0 bridgehead atoms. The van der Waals surface area contributed by atoms with Gasteiger partial charge in [0.05, 0.1) is 24.2 Å². The molecule has 3 heterocycles. The molecule has 0 unspecified atom stereocenters. The Morgan fingerprint density at radius 3 is 2.93 bits per heavy atom. The molecule has 7 nitrogen and oxygen atoms in total. The van der Waals surface area contributed by atoms with Crippen LogP contribution in [-0.2, 0) is 14.3 Å². The molecule has 0 saturated heterocycles. The van der Waals surface area contributed by atoms with Crippen molar-refractivity contribution in [2.45, 2.75) is 6.92 Å². The van der Waals surface area contributed by atoms with Crippen molar-refractivity contribution in [3.63, 3.8) is 0 Å². The molecule has 0 saturated carbocycles. The summed E-state index contributed by atoms with van der Waals surface area (Å²) in [6, 6.07) is 11.2. The van der Waals surface area contributed by atoms with Gasteiger partial charge in [-0.2, -0.15) is 0 Å². The number of ether oxygens (including phenoxy) is 2. The van der Waals surface area contributed by atoms with E-state index >= 15 is 0 Å². The number of carbonyl (C=O) groups is 2. The summed E-state index contributed by atoms with van der Waals surface area (Å²) >= 11 is 1.56. The number of nitrogens with zero attached hydrogens (tertiary/aromatic N) is 3. The van der Waals surface area contributed by atoms with Crippen molar-refractivity contribution >= 4 is 28.9 Å². The zero-order valence-electron chi connectivity index (χ0n) is 15.3. The molecule has 1 aliphatic rings. The molecule has 4 rings (SSSR count). The lowest BCUT2D eigenvalue weighted by molar-refractivity contribution is -0.140. The van der Waals surface area contributed by atoms with Crippen molar-refractivity contribution in [3.8, 4) is 27.7 Å². The number of thiazole rings is 1. The molecule has 28 heavy (non-hydrogen) atoms. The number of carbonyl (C=O) groups excluding carboxylic acids is 2. The Labute approximate surface area is 165 Å². The van der Waals surface area contributed by atoms with E-state index in [9.17, 15) is 9.59 Å². The van der Waals surface area contributed by atoms with Crippen molar-refractivity contribution in [2.24, 2.45) is 0 Å². The monoisotopic (exact) mass is 395 g/mol. The minimum absolute atomic E-state index is 0.108. The zero-order chi connectivity index (χ0) is 19.7. The van der Waals surface area contributed by atoms with Crippen LogP contribution >= 0.6 is 11.3 Å². The Hall–Kier alpha value is -3.26. The van der Waals surface area contributed by atoms with Crippen LogP contribution in [0, 0.1) is 6.92 Å². The number of aromatic nitrogens is 2. The van der Waals surface area contributed by atoms with Crippen LogP contribution < -0.4 is 9.64 Å². The average Bonchev–Trinajstić information content (AvgIpc) is 3.12. The van der Waals surface area contributed by atoms with Gasteiger partial charge in [0.15, 0.2) is 6.61 Å². The lowest BCUT2D eigenvalue weighted by Crippen LogP contribution is -2.42. The fourth-order valence-corrected chi connectivity index (χ4v) is 3.89. The third-order valence-electron chi connectivity index (χ3n) is 4.37. The second kappa shape index (κ2) is 7.40. The number of rotatable bonds is 4. The van der Waals surface area contributed by atoms with E-state index < -0.39 is 5.97 Å². The normalized spacial score (nSPS) is 13.1. The number of anilines is 1. The predicted molar refractivity (Wildman–Crippen MR) is 105 cm³/mol. The number of esters is 1. The van der Waals surface area contributed by atoms with Crippen LogP contribution in [0.15, 0.2) is 42.6 Å². The largest absolute Gasteiger partial charge is 0.482 e. The zero-order valence-corrected chi connectivity index (χ0v) is 16.2. The highest BCUT2D eigenvalue weighted by molar-refractivity contribution is 7.15. The molecule has 0 radical (unpaired) electrons. The molecule has 0 spiro atoms. The van der Waals surface area contributed by atoms with Gasteiger partial charge >= 0.3 is 5.97 Å². The van der Waals surface area contributed by atoms with Crippen LogP contribution in [0.5, 0.6) is 5.75 Å². The molecule has 1 aliphatic heterocycles. The topological polar surface area (TPSA) is 81.6 Å². The maximum atomic E-state index is 12.3. The maximum absolute atomic E-state index is 12.3. The molecule has 1 aromatic carbocycles. The fraction of sp³-hybridized carbons (Fsp3) is 0.200. The van der Waals surface area contributed by atoms with Crippen molar-refractivity contribution < 1.29 is 19.1 Å². The van der Waals surface area contributed by atoms with E-state index in [-0.39, 0.29) is 19.1 Å². The van der Waals surface area contributed by atoms with E-state index in [1.165, 1.54) is 12.0 Å². The van der Waals surface area contributed by atoms with Gasteiger partial charge in [0.1, 0.15) is 17.3 Å². The number of methoxy groups -OCH3 is 1. The Kier molecular flexibility index (Phi) is 4.79. The van der Waals surface area contributed by atoms with E-state index in [0.717, 1.165) is 26.8 Å². The summed E-state index contributed by atoms with van der Waals surface area (Å²) in [6.07, 6.45) is 1.73. The first-order valence-corrected chi connectivity index (χ1v) is 9.41. The second-order valence-corrected chi connectivity index (χ2v) is 7.37. The Morgan fingerprint density at radius 1 is 1.32 bits per heavy atom. The minimum atomic E-state index is -0.492. The van der Waals surface area contributed by atoms with E-state index in [0.29, 0.717) is 11.4 Å². The summed E-state index contributed by atoms with van der Waals surface area (Å²) in [5.74, 6) is -0.238. The molecule has 8 heteroatoms. The van der Waals surface area contributed by atoms with Gasteiger partial charge in [-0.05, 0) is 37.3 Å². The second-order valence-electron chi connectivity index (χ2n) is 6.17. The van der Waals surface area contributed by atoms with Crippen LogP contribution in [-0.4, -0.2) is 42.1 Å². The first-order valence-electron chi connectivity index (χ1n) is 8.60. The number of hydrogen-bond donors (Lipinski definition) is 0. The molecule has 0 fully saturated rings. The molecular formula is C20H17N3O4S. The molecule has 0 atom stereocenters. The highest BCUT2D eigenvalue weighted by Crippen LogP contribution is 2.38. The van der Waals surface area contributed by atoms with Gasteiger partial charge in [-0.1, -0.05) is 6.07 Å². The van der Waals surface area contributed by atoms with Crippen molar-refractivity contribution in [1.82, 2.24) is 9.97 Å². The summed E-state index contributed by atoms with van der Waals surface area (Å²) in [6.45, 7) is 1.72. The maximum Gasteiger partial charge on any atom is 0.325 e. The van der Waals surface area contributed by atoms with Gasteiger partial charge in [-0.3, -0.25) is 19.5 Å². The highest BCUT2D eigenvalue weighted by Gasteiger charge is 2.28. The molecule has 2 aromatic heterocycles. The predicted octanol–water partition coefficient (Wildman–Crippen LogP) is 3.08. The standard InChI is InChI=1S/C20H17N3O4S/c1-12-19(22-20(28-12)14-5-3-4-8-21-14)13-6-7-16-15(9-13)23(10-18(25)26-2)17(24)11-27-16/h3-9H,10-11H2,1-2H3. The SMILES string of the molecule is COC(=O)CN1C(=O)COc2ccc(-c3nc(-c4ccccn4)sc3C)cc21. The molecule has 0 N–H and O–H groups in total. The summed E-state index contributed by atoms with van der Waals surface area (Å²) in [5, 5.41) is 0.824. The van der Waals surface area contributed by atoms with Gasteiger partial charge in [0.25, 0.3) is 5.91 Å². The highest BCUT2D eigenvalue weighted by atomic mass is 32.1. The number of hydrogen-bond acceptors (Lipinski definition) is 7. The number of fused-ring (bicyclic) bond motifs is 1. The minimum Gasteiger partial charge on any atom is -0.482 e. The smallest absolute Gasteiger partial charge is 0.325 e. The van der Waals surface area contributed by atoms with Crippen molar-refractivity contribution in [2.75, 3.05) is 25.2 Å². The lowest BCUT2D eigenvalue weighted by Gasteiger charge is -2.28. The van der Waals surface area contributed by atoms with Crippen LogP contribution in [0.1, 0.15) is 4.88 Å². The molecule has 1 amide bonds. The van der Waals surface area contributed by atoms with Crippen molar-refractivity contribution in [3.05, 3.63) is 47.5 Å². The van der Waals surface area contributed by atoms with Crippen LogP contribution in [0.4, 0.5) is 5.69 Å². The third kappa shape index (κ3) is 3.34. The molecular weight excluding hydrogens is 378 g/mol. The Bertz CT molecular complexity index is 1050. The summed E-state index contributed by atoms with van der Waals surface area (Å²) in [4.78, 5) is 35.5. The number of pyridine rings is 1. The number of amides is 1. The number of aryl methyl sites for hydroxylation is 1. The van der Waals surface area contributed by atoms with E-state index in [1.807, 2.05) is 37.3 Å². The first-order chi connectivity index (χ1) is 13.6. The van der Waals surface area contributed by atoms with Crippen LogP contribution in [0.25, 0.3) is 22.0 Å². The van der Waals surface area contributed by atoms with Gasteiger partial charge in [0, 0.05) is 16.6 Å². The van der Waals surface area contributed by atoms with E-state index in [1.54, 1.807) is 23.6 Å². The fourth-order valence-electron chi connectivity index (χ4n) is 2.98. The lowest BCUT2D eigenvalue weighted by atomic mass is 10.1. The van der Waals surface area contributed by atoms with Crippen LogP contribution in [0.2, 0.25) is 0 Å². The average molecular weight is 395 g/mol. The van der Waals surface area contributed by atoms with Crippen molar-refractivity contribution in [1.29, 1.82) is 0 Å². The van der Waals surface area contributed by atoms with Crippen LogP contribution in [0.3, 0.4) is 0 Å². The molecule has 3 aromatic rings. The Morgan fingerprint density at radius 2 is 2.18 bits per heavy atom. The van der Waals surface area contributed by atoms with Gasteiger partial charge in [-0.15, -0.1) is 11.3 Å². The molecule has 0 aliphatic carbocycles. The number of benzene rings is 1. The van der Waals surface area contributed by atoms with Gasteiger partial charge in [0.2, 0.25) is 0 Å². The van der Waals surface area contributed by atoms with Gasteiger partial charge in [-0.25, -0.2) is 4.98 Å². The van der Waals surface area contributed by atoms with E-state index in [2.05, 4.69) is 4.98 Å². The van der Waals surface area contributed by atoms with E-state index in [4.69, 9.17) is 14.5 Å².